The molecule has 19 heavy (non-hydrogen) atoms. The molecule has 3 rings (SSSR count). The van der Waals surface area contributed by atoms with Crippen molar-refractivity contribution >= 4 is 17.4 Å². The van der Waals surface area contributed by atoms with E-state index in [1.807, 2.05) is 25.1 Å². The van der Waals surface area contributed by atoms with E-state index in [0.29, 0.717) is 24.6 Å². The lowest BCUT2D eigenvalue weighted by atomic mass is 10.2. The van der Waals surface area contributed by atoms with Gasteiger partial charge < -0.3 is 10.6 Å². The SMILES string of the molecule is CCn1nc(C(=O)N2CCc3ccccc32)cc1N. The van der Waals surface area contributed by atoms with Gasteiger partial charge in [-0.15, -0.1) is 0 Å². The van der Waals surface area contributed by atoms with E-state index in [4.69, 9.17) is 5.73 Å². The van der Waals surface area contributed by atoms with Gasteiger partial charge >= 0.3 is 0 Å². The second kappa shape index (κ2) is 4.42. The number of para-hydroxylation sites is 1. The monoisotopic (exact) mass is 256 g/mol. The van der Waals surface area contributed by atoms with E-state index in [9.17, 15) is 4.79 Å². The number of hydrogen-bond donors (Lipinski definition) is 1. The lowest BCUT2D eigenvalue weighted by molar-refractivity contribution is 0.0984. The third-order valence-corrected chi connectivity index (χ3v) is 3.46. The fraction of sp³-hybridized carbons (Fsp3) is 0.286. The molecular formula is C14H16N4O. The van der Waals surface area contributed by atoms with Crippen molar-refractivity contribution in [2.75, 3.05) is 17.2 Å². The summed E-state index contributed by atoms with van der Waals surface area (Å²) in [5.74, 6) is 0.446. The molecule has 5 heteroatoms. The van der Waals surface area contributed by atoms with E-state index in [1.165, 1.54) is 5.56 Å². The van der Waals surface area contributed by atoms with Crippen molar-refractivity contribution in [2.45, 2.75) is 19.9 Å². The van der Waals surface area contributed by atoms with Gasteiger partial charge in [0.15, 0.2) is 5.69 Å². The first-order valence-corrected chi connectivity index (χ1v) is 6.44. The number of hydrogen-bond acceptors (Lipinski definition) is 3. The maximum Gasteiger partial charge on any atom is 0.278 e. The highest BCUT2D eigenvalue weighted by Gasteiger charge is 2.27. The van der Waals surface area contributed by atoms with Gasteiger partial charge in [-0.1, -0.05) is 18.2 Å². The fourth-order valence-electron chi connectivity index (χ4n) is 2.48. The predicted octanol–water partition coefficient (Wildman–Crippen LogP) is 1.69. The summed E-state index contributed by atoms with van der Waals surface area (Å²) in [6, 6.07) is 9.62. The number of rotatable bonds is 2. The molecule has 2 aromatic rings. The fourth-order valence-corrected chi connectivity index (χ4v) is 2.48. The molecule has 2 heterocycles. The average molecular weight is 256 g/mol. The van der Waals surface area contributed by atoms with Gasteiger partial charge in [0.1, 0.15) is 5.82 Å². The van der Waals surface area contributed by atoms with Crippen molar-refractivity contribution in [1.29, 1.82) is 0 Å². The topological polar surface area (TPSA) is 64.2 Å². The molecule has 98 valence electrons. The van der Waals surface area contributed by atoms with Crippen LogP contribution in [0.2, 0.25) is 0 Å². The molecule has 1 aliphatic heterocycles. The van der Waals surface area contributed by atoms with Crippen LogP contribution in [-0.2, 0) is 13.0 Å². The third-order valence-electron chi connectivity index (χ3n) is 3.46. The van der Waals surface area contributed by atoms with Gasteiger partial charge in [-0.25, -0.2) is 4.68 Å². The van der Waals surface area contributed by atoms with Crippen molar-refractivity contribution in [1.82, 2.24) is 9.78 Å². The minimum absolute atomic E-state index is 0.0798. The molecule has 0 spiro atoms. The maximum atomic E-state index is 12.5. The van der Waals surface area contributed by atoms with Crippen molar-refractivity contribution in [3.8, 4) is 0 Å². The van der Waals surface area contributed by atoms with Crippen molar-refractivity contribution in [2.24, 2.45) is 0 Å². The number of nitrogens with zero attached hydrogens (tertiary/aromatic N) is 3. The van der Waals surface area contributed by atoms with Gasteiger partial charge in [0, 0.05) is 24.8 Å². The van der Waals surface area contributed by atoms with E-state index in [-0.39, 0.29) is 5.91 Å². The zero-order valence-electron chi connectivity index (χ0n) is 10.8. The lowest BCUT2D eigenvalue weighted by Gasteiger charge is -2.15. The van der Waals surface area contributed by atoms with Crippen LogP contribution < -0.4 is 10.6 Å². The quantitative estimate of drug-likeness (QED) is 0.889. The summed E-state index contributed by atoms with van der Waals surface area (Å²) in [5, 5.41) is 4.25. The molecule has 1 amide bonds. The van der Waals surface area contributed by atoms with Gasteiger partial charge in [0.25, 0.3) is 5.91 Å². The summed E-state index contributed by atoms with van der Waals surface area (Å²) < 4.78 is 1.63. The number of aromatic nitrogens is 2. The molecule has 0 saturated carbocycles. The Morgan fingerprint density at radius 1 is 1.42 bits per heavy atom. The van der Waals surface area contributed by atoms with Gasteiger partial charge in [-0.2, -0.15) is 5.10 Å². The molecule has 0 atom stereocenters. The Labute approximate surface area is 111 Å². The Morgan fingerprint density at radius 3 is 2.95 bits per heavy atom. The van der Waals surface area contributed by atoms with Gasteiger partial charge in [-0.05, 0) is 25.0 Å². The summed E-state index contributed by atoms with van der Waals surface area (Å²) in [6.45, 7) is 3.32. The van der Waals surface area contributed by atoms with Crippen LogP contribution in [0.3, 0.4) is 0 Å². The van der Waals surface area contributed by atoms with Crippen LogP contribution >= 0.6 is 0 Å². The molecule has 0 aliphatic carbocycles. The summed E-state index contributed by atoms with van der Waals surface area (Å²) in [4.78, 5) is 14.3. The van der Waals surface area contributed by atoms with E-state index in [2.05, 4.69) is 11.2 Å². The van der Waals surface area contributed by atoms with E-state index < -0.39 is 0 Å². The molecular weight excluding hydrogens is 240 g/mol. The normalized spacial score (nSPS) is 13.6. The Bertz CT molecular complexity index is 632. The number of benzene rings is 1. The van der Waals surface area contributed by atoms with Gasteiger partial charge in [0.2, 0.25) is 0 Å². The molecule has 1 aromatic heterocycles. The zero-order chi connectivity index (χ0) is 13.4. The van der Waals surface area contributed by atoms with Crippen molar-refractivity contribution < 1.29 is 4.79 Å². The van der Waals surface area contributed by atoms with Gasteiger partial charge in [0.05, 0.1) is 0 Å². The van der Waals surface area contributed by atoms with Crippen LogP contribution in [-0.4, -0.2) is 22.2 Å². The largest absolute Gasteiger partial charge is 0.384 e. The van der Waals surface area contributed by atoms with Crippen LogP contribution in [0, 0.1) is 0 Å². The maximum absolute atomic E-state index is 12.5. The molecule has 1 aromatic carbocycles. The lowest BCUT2D eigenvalue weighted by Crippen LogP contribution is -2.29. The minimum Gasteiger partial charge on any atom is -0.384 e. The van der Waals surface area contributed by atoms with Gasteiger partial charge in [-0.3, -0.25) is 4.79 Å². The van der Waals surface area contributed by atoms with Crippen LogP contribution in [0.15, 0.2) is 30.3 Å². The highest BCUT2D eigenvalue weighted by atomic mass is 16.2. The molecule has 0 unspecified atom stereocenters. The molecule has 0 fully saturated rings. The number of anilines is 2. The highest BCUT2D eigenvalue weighted by Crippen LogP contribution is 2.28. The molecule has 0 bridgehead atoms. The van der Waals surface area contributed by atoms with E-state index >= 15 is 0 Å². The number of nitrogen functional groups attached to an aromatic ring is 1. The highest BCUT2D eigenvalue weighted by molar-refractivity contribution is 6.06. The molecule has 0 saturated heterocycles. The number of aryl methyl sites for hydroxylation is 1. The molecule has 0 radical (unpaired) electrons. The van der Waals surface area contributed by atoms with Crippen molar-refractivity contribution in [3.63, 3.8) is 0 Å². The zero-order valence-corrected chi connectivity index (χ0v) is 10.8. The van der Waals surface area contributed by atoms with Crippen LogP contribution in [0.4, 0.5) is 11.5 Å². The Balaban J connectivity index is 1.93. The molecule has 5 nitrogen and oxygen atoms in total. The number of amides is 1. The van der Waals surface area contributed by atoms with Crippen molar-refractivity contribution in [3.05, 3.63) is 41.6 Å². The minimum atomic E-state index is -0.0798. The molecule has 1 aliphatic rings. The standard InChI is InChI=1S/C14H16N4O/c1-2-18-13(15)9-11(16-18)14(19)17-8-7-10-5-3-4-6-12(10)17/h3-6,9H,2,7-8,15H2,1H3. The summed E-state index contributed by atoms with van der Waals surface area (Å²) >= 11 is 0. The number of carbonyl (C=O) groups excluding carboxylic acids is 1. The smallest absolute Gasteiger partial charge is 0.278 e. The first kappa shape index (κ1) is 11.8. The van der Waals surface area contributed by atoms with Crippen LogP contribution in [0.25, 0.3) is 0 Å². The number of fused-ring (bicyclic) bond motifs is 1. The predicted molar refractivity (Wildman–Crippen MR) is 74.1 cm³/mol. The number of nitrogens with two attached hydrogens (primary N) is 1. The second-order valence-electron chi connectivity index (χ2n) is 4.61. The third kappa shape index (κ3) is 1.87. The van der Waals surface area contributed by atoms with Crippen LogP contribution in [0.1, 0.15) is 23.0 Å². The number of carbonyl (C=O) groups is 1. The average Bonchev–Trinajstić information content (AvgIpc) is 3.01. The summed E-state index contributed by atoms with van der Waals surface area (Å²) in [6.07, 6.45) is 0.895. The summed E-state index contributed by atoms with van der Waals surface area (Å²) in [5.41, 5.74) is 8.42. The first-order valence-electron chi connectivity index (χ1n) is 6.44. The Kier molecular flexibility index (Phi) is 2.74. The summed E-state index contributed by atoms with van der Waals surface area (Å²) in [7, 11) is 0. The Morgan fingerprint density at radius 2 is 2.21 bits per heavy atom. The molecule has 2 N–H and O–H groups in total. The second-order valence-corrected chi connectivity index (χ2v) is 4.61. The van der Waals surface area contributed by atoms with E-state index in [1.54, 1.807) is 15.6 Å². The first-order chi connectivity index (χ1) is 9.20. The van der Waals surface area contributed by atoms with E-state index in [0.717, 1.165) is 12.1 Å². The Hall–Kier alpha value is -2.30. The van der Waals surface area contributed by atoms with Crippen LogP contribution in [0.5, 0.6) is 0 Å².